The Labute approximate surface area is 154 Å². The van der Waals surface area contributed by atoms with Crippen LogP contribution < -0.4 is 15.5 Å². The second-order valence-electron chi connectivity index (χ2n) is 9.05. The Kier molecular flexibility index (Phi) is 3.64. The number of carbonyl (C=O) groups is 2. The smallest absolute Gasteiger partial charge is 0.244 e. The average Bonchev–Trinajstić information content (AvgIpc) is 2.58. The molecule has 0 saturated heterocycles. The van der Waals surface area contributed by atoms with E-state index in [-0.39, 0.29) is 29.9 Å². The molecule has 138 valence electrons. The van der Waals surface area contributed by atoms with Gasteiger partial charge in [-0.25, -0.2) is 0 Å². The lowest BCUT2D eigenvalue weighted by molar-refractivity contribution is -0.124. The monoisotopic (exact) mass is 353 g/mol. The Hall–Kier alpha value is -1.88. The predicted octanol–water partition coefficient (Wildman–Crippen LogP) is 2.92. The lowest BCUT2D eigenvalue weighted by atomic mass is 9.53. The molecule has 0 aromatic heterocycles. The zero-order valence-electron chi connectivity index (χ0n) is 15.3. The third-order valence-electron chi connectivity index (χ3n) is 6.97. The molecule has 0 unspecified atom stereocenters. The van der Waals surface area contributed by atoms with Gasteiger partial charge in [0.15, 0.2) is 0 Å². The Morgan fingerprint density at radius 2 is 1.77 bits per heavy atom. The Morgan fingerprint density at radius 1 is 1.15 bits per heavy atom. The van der Waals surface area contributed by atoms with Crippen molar-refractivity contribution in [3.63, 3.8) is 0 Å². The van der Waals surface area contributed by atoms with Gasteiger partial charge in [0.05, 0.1) is 17.4 Å². The summed E-state index contributed by atoms with van der Waals surface area (Å²) in [7, 11) is 0. The molecule has 26 heavy (non-hydrogen) atoms. The number of fused-ring (bicyclic) bond motifs is 1. The molecule has 4 saturated carbocycles. The molecule has 4 bridgehead atoms. The van der Waals surface area contributed by atoms with Gasteiger partial charge in [-0.05, 0) is 75.3 Å². The molecule has 5 aliphatic rings. The summed E-state index contributed by atoms with van der Waals surface area (Å²) in [5, 5.41) is 6.60. The van der Waals surface area contributed by atoms with Gasteiger partial charge in [0.2, 0.25) is 11.8 Å². The standard InChI is InChI=1S/C21H27N3O2/c1-13(23-21-9-14-6-15(10-21)8-16(7-14)11-21)20(26)24-12-19(25)22-17-4-2-3-5-18(17)24/h2-5,13-16,23H,6-12H2,1H3,(H,22,25)/t13-,14?,15?,16?,21?/m1/s1. The third-order valence-corrected chi connectivity index (χ3v) is 6.97. The normalized spacial score (nSPS) is 35.8. The molecule has 6 rings (SSSR count). The van der Waals surface area contributed by atoms with Gasteiger partial charge in [-0.3, -0.25) is 14.5 Å². The van der Waals surface area contributed by atoms with E-state index in [1.807, 2.05) is 31.2 Å². The molecule has 1 aliphatic heterocycles. The fourth-order valence-electron chi connectivity index (χ4n) is 6.47. The molecule has 4 fully saturated rings. The zero-order chi connectivity index (χ0) is 17.9. The van der Waals surface area contributed by atoms with Crippen LogP contribution in [-0.4, -0.2) is 29.9 Å². The zero-order valence-corrected chi connectivity index (χ0v) is 15.3. The summed E-state index contributed by atoms with van der Waals surface area (Å²) >= 11 is 0. The van der Waals surface area contributed by atoms with Crippen LogP contribution in [0.3, 0.4) is 0 Å². The maximum atomic E-state index is 13.2. The number of carbonyl (C=O) groups excluding carboxylic acids is 2. The molecular weight excluding hydrogens is 326 g/mol. The summed E-state index contributed by atoms with van der Waals surface area (Å²) in [5.74, 6) is 2.41. The molecule has 1 heterocycles. The van der Waals surface area contributed by atoms with Crippen molar-refractivity contribution in [2.24, 2.45) is 17.8 Å². The van der Waals surface area contributed by atoms with Crippen molar-refractivity contribution in [1.29, 1.82) is 0 Å². The van der Waals surface area contributed by atoms with Crippen molar-refractivity contribution in [3.8, 4) is 0 Å². The van der Waals surface area contributed by atoms with Crippen molar-refractivity contribution in [1.82, 2.24) is 5.32 Å². The van der Waals surface area contributed by atoms with Crippen molar-refractivity contribution in [3.05, 3.63) is 24.3 Å². The van der Waals surface area contributed by atoms with Gasteiger partial charge in [0.1, 0.15) is 6.54 Å². The van der Waals surface area contributed by atoms with Gasteiger partial charge in [0, 0.05) is 5.54 Å². The van der Waals surface area contributed by atoms with Gasteiger partial charge in [-0.15, -0.1) is 0 Å². The summed E-state index contributed by atoms with van der Waals surface area (Å²) < 4.78 is 0. The minimum atomic E-state index is -0.273. The molecular formula is C21H27N3O2. The molecule has 1 aromatic rings. The van der Waals surface area contributed by atoms with Crippen LogP contribution in [0.25, 0.3) is 0 Å². The first-order valence-corrected chi connectivity index (χ1v) is 9.99. The molecule has 5 nitrogen and oxygen atoms in total. The van der Waals surface area contributed by atoms with E-state index in [4.69, 9.17) is 0 Å². The SMILES string of the molecule is C[C@@H](NC12CC3CC(CC(C3)C1)C2)C(=O)N1CC(=O)Nc2ccccc21. The number of para-hydroxylation sites is 2. The van der Waals surface area contributed by atoms with E-state index < -0.39 is 0 Å². The van der Waals surface area contributed by atoms with Crippen LogP contribution in [0, 0.1) is 17.8 Å². The second-order valence-corrected chi connectivity index (χ2v) is 9.05. The number of nitrogens with zero attached hydrogens (tertiary/aromatic N) is 1. The topological polar surface area (TPSA) is 61.4 Å². The van der Waals surface area contributed by atoms with E-state index in [0.29, 0.717) is 0 Å². The van der Waals surface area contributed by atoms with Crippen molar-refractivity contribution in [2.75, 3.05) is 16.8 Å². The second kappa shape index (κ2) is 5.81. The number of benzene rings is 1. The average molecular weight is 353 g/mol. The number of amides is 2. The fourth-order valence-corrected chi connectivity index (χ4v) is 6.47. The van der Waals surface area contributed by atoms with Crippen LogP contribution in [0.15, 0.2) is 24.3 Å². The third kappa shape index (κ3) is 2.64. The summed E-state index contributed by atoms with van der Waals surface area (Å²) in [6.45, 7) is 2.07. The van der Waals surface area contributed by atoms with E-state index in [0.717, 1.165) is 29.1 Å². The Balaban J connectivity index is 1.36. The van der Waals surface area contributed by atoms with Crippen LogP contribution in [0.2, 0.25) is 0 Å². The van der Waals surface area contributed by atoms with Crippen LogP contribution in [-0.2, 0) is 9.59 Å². The minimum absolute atomic E-state index is 0.00282. The molecule has 2 amide bonds. The number of anilines is 2. The van der Waals surface area contributed by atoms with E-state index in [1.165, 1.54) is 38.5 Å². The van der Waals surface area contributed by atoms with Crippen LogP contribution in [0.1, 0.15) is 45.4 Å². The maximum Gasteiger partial charge on any atom is 0.244 e. The number of nitrogens with one attached hydrogen (secondary N) is 2. The van der Waals surface area contributed by atoms with Crippen LogP contribution >= 0.6 is 0 Å². The lowest BCUT2D eigenvalue weighted by Gasteiger charge is -2.57. The van der Waals surface area contributed by atoms with E-state index >= 15 is 0 Å². The summed E-state index contributed by atoms with van der Waals surface area (Å²) in [5.41, 5.74) is 1.66. The first kappa shape index (κ1) is 16.3. The van der Waals surface area contributed by atoms with Crippen LogP contribution in [0.5, 0.6) is 0 Å². The first-order chi connectivity index (χ1) is 12.5. The molecule has 0 spiro atoms. The fraction of sp³-hybridized carbons (Fsp3) is 0.619. The number of hydrogen-bond acceptors (Lipinski definition) is 3. The highest BCUT2D eigenvalue weighted by atomic mass is 16.2. The van der Waals surface area contributed by atoms with Crippen molar-refractivity contribution < 1.29 is 9.59 Å². The van der Waals surface area contributed by atoms with Gasteiger partial charge in [-0.2, -0.15) is 0 Å². The van der Waals surface area contributed by atoms with E-state index in [2.05, 4.69) is 10.6 Å². The minimum Gasteiger partial charge on any atom is -0.323 e. The van der Waals surface area contributed by atoms with E-state index in [9.17, 15) is 9.59 Å². The first-order valence-electron chi connectivity index (χ1n) is 9.99. The van der Waals surface area contributed by atoms with Gasteiger partial charge in [0.25, 0.3) is 0 Å². The Morgan fingerprint density at radius 3 is 2.42 bits per heavy atom. The highest BCUT2D eigenvalue weighted by molar-refractivity contribution is 6.11. The lowest BCUT2D eigenvalue weighted by Crippen LogP contribution is -2.63. The summed E-state index contributed by atoms with van der Waals surface area (Å²) in [4.78, 5) is 26.9. The molecule has 4 aliphatic carbocycles. The quantitative estimate of drug-likeness (QED) is 0.878. The van der Waals surface area contributed by atoms with Crippen molar-refractivity contribution in [2.45, 2.75) is 57.0 Å². The van der Waals surface area contributed by atoms with Gasteiger partial charge >= 0.3 is 0 Å². The highest BCUT2D eigenvalue weighted by Crippen LogP contribution is 2.55. The van der Waals surface area contributed by atoms with Gasteiger partial charge < -0.3 is 10.6 Å². The Bertz CT molecular complexity index is 724. The summed E-state index contributed by atoms with van der Waals surface area (Å²) in [6.07, 6.45) is 7.82. The predicted molar refractivity (Wildman–Crippen MR) is 101 cm³/mol. The molecule has 5 heteroatoms. The molecule has 1 atom stereocenters. The highest BCUT2D eigenvalue weighted by Gasteiger charge is 2.51. The van der Waals surface area contributed by atoms with E-state index in [1.54, 1.807) is 4.90 Å². The molecule has 0 radical (unpaired) electrons. The summed E-state index contributed by atoms with van der Waals surface area (Å²) in [6, 6.07) is 7.27. The van der Waals surface area contributed by atoms with Gasteiger partial charge in [-0.1, -0.05) is 12.1 Å². The number of rotatable bonds is 3. The molecule has 2 N–H and O–H groups in total. The van der Waals surface area contributed by atoms with Crippen LogP contribution in [0.4, 0.5) is 11.4 Å². The van der Waals surface area contributed by atoms with Crippen molar-refractivity contribution >= 4 is 23.2 Å². The maximum absolute atomic E-state index is 13.2. The number of hydrogen-bond donors (Lipinski definition) is 2. The molecule has 1 aromatic carbocycles. The largest absolute Gasteiger partial charge is 0.323 e.